The number of carbonyl (C=O) groups excluding carboxylic acids is 1. The van der Waals surface area contributed by atoms with Crippen LogP contribution in [-0.2, 0) is 6.54 Å². The van der Waals surface area contributed by atoms with E-state index in [0.29, 0.717) is 12.4 Å². The van der Waals surface area contributed by atoms with E-state index in [4.69, 9.17) is 4.74 Å². The quantitative estimate of drug-likeness (QED) is 0.875. The van der Waals surface area contributed by atoms with Crippen LogP contribution >= 0.6 is 0 Å². The Balaban J connectivity index is 1.61. The first-order valence-corrected chi connectivity index (χ1v) is 8.64. The lowest BCUT2D eigenvalue weighted by Gasteiger charge is -2.30. The molecule has 0 atom stereocenters. The van der Waals surface area contributed by atoms with Crippen molar-refractivity contribution in [2.45, 2.75) is 25.8 Å². The summed E-state index contributed by atoms with van der Waals surface area (Å²) in [5, 5.41) is 5.85. The second kappa shape index (κ2) is 8.37. The summed E-state index contributed by atoms with van der Waals surface area (Å²) in [6.07, 6.45) is 5.34. The minimum atomic E-state index is -0.222. The average Bonchev–Trinajstić information content (AvgIpc) is 2.68. The van der Waals surface area contributed by atoms with Gasteiger partial charge in [-0.2, -0.15) is 0 Å². The number of urea groups is 1. The van der Waals surface area contributed by atoms with Gasteiger partial charge in [-0.25, -0.2) is 9.78 Å². The number of rotatable bonds is 5. The van der Waals surface area contributed by atoms with E-state index in [9.17, 15) is 4.79 Å². The number of carbonyl (C=O) groups is 1. The molecule has 1 saturated heterocycles. The zero-order chi connectivity index (χ0) is 17.5. The van der Waals surface area contributed by atoms with Gasteiger partial charge in [0.05, 0.1) is 18.5 Å². The molecule has 1 aliphatic rings. The van der Waals surface area contributed by atoms with Gasteiger partial charge in [-0.3, -0.25) is 0 Å². The number of para-hydroxylation sites is 2. The molecule has 1 aliphatic heterocycles. The fourth-order valence-corrected chi connectivity index (χ4v) is 3.01. The summed E-state index contributed by atoms with van der Waals surface area (Å²) in [6.45, 7) is 2.49. The van der Waals surface area contributed by atoms with Gasteiger partial charge in [-0.05, 0) is 43.0 Å². The molecule has 1 aromatic heterocycles. The van der Waals surface area contributed by atoms with Crippen molar-refractivity contribution in [3.05, 3.63) is 48.2 Å². The third-order valence-corrected chi connectivity index (χ3v) is 4.31. The molecule has 2 heterocycles. The summed E-state index contributed by atoms with van der Waals surface area (Å²) < 4.78 is 5.10. The molecule has 0 spiro atoms. The third-order valence-electron chi connectivity index (χ3n) is 4.31. The van der Waals surface area contributed by atoms with Gasteiger partial charge in [0.25, 0.3) is 0 Å². The smallest absolute Gasteiger partial charge is 0.319 e. The van der Waals surface area contributed by atoms with Gasteiger partial charge < -0.3 is 20.3 Å². The van der Waals surface area contributed by atoms with E-state index >= 15 is 0 Å². The number of piperidine rings is 1. The molecule has 1 fully saturated rings. The van der Waals surface area contributed by atoms with Crippen LogP contribution in [0.2, 0.25) is 0 Å². The number of ether oxygens (including phenoxy) is 1. The van der Waals surface area contributed by atoms with Gasteiger partial charge in [-0.1, -0.05) is 12.1 Å². The van der Waals surface area contributed by atoms with Crippen molar-refractivity contribution in [3.8, 4) is 5.88 Å². The zero-order valence-electron chi connectivity index (χ0n) is 14.5. The Morgan fingerprint density at radius 2 is 2.00 bits per heavy atom. The number of benzene rings is 1. The number of amides is 2. The second-order valence-electron chi connectivity index (χ2n) is 6.08. The number of methoxy groups -OCH3 is 1. The van der Waals surface area contributed by atoms with Crippen molar-refractivity contribution in [2.75, 3.05) is 30.4 Å². The van der Waals surface area contributed by atoms with Gasteiger partial charge >= 0.3 is 6.03 Å². The van der Waals surface area contributed by atoms with Gasteiger partial charge in [0.2, 0.25) is 5.88 Å². The van der Waals surface area contributed by atoms with Crippen molar-refractivity contribution >= 4 is 17.4 Å². The lowest BCUT2D eigenvalue weighted by atomic mass is 10.1. The van der Waals surface area contributed by atoms with Gasteiger partial charge in [0.1, 0.15) is 0 Å². The molecule has 1 aromatic carbocycles. The minimum absolute atomic E-state index is 0.222. The van der Waals surface area contributed by atoms with Crippen molar-refractivity contribution in [1.29, 1.82) is 0 Å². The molecule has 6 nitrogen and oxygen atoms in total. The van der Waals surface area contributed by atoms with E-state index in [0.717, 1.165) is 30.0 Å². The highest BCUT2D eigenvalue weighted by Gasteiger charge is 2.15. The van der Waals surface area contributed by atoms with Crippen LogP contribution in [-0.4, -0.2) is 31.2 Å². The number of anilines is 2. The monoisotopic (exact) mass is 340 g/mol. The van der Waals surface area contributed by atoms with E-state index < -0.39 is 0 Å². The molecular formula is C19H24N4O2. The highest BCUT2D eigenvalue weighted by atomic mass is 16.5. The maximum absolute atomic E-state index is 12.3. The third kappa shape index (κ3) is 4.62. The maximum Gasteiger partial charge on any atom is 0.319 e. The first-order valence-electron chi connectivity index (χ1n) is 8.64. The Bertz CT molecular complexity index is 714. The molecule has 2 aromatic rings. The first kappa shape index (κ1) is 17.1. The predicted molar refractivity (Wildman–Crippen MR) is 99.2 cm³/mol. The molecule has 0 radical (unpaired) electrons. The van der Waals surface area contributed by atoms with Crippen molar-refractivity contribution in [2.24, 2.45) is 0 Å². The molecule has 2 amide bonds. The summed E-state index contributed by atoms with van der Waals surface area (Å²) in [5.41, 5.74) is 2.86. The summed E-state index contributed by atoms with van der Waals surface area (Å²) in [6, 6.07) is 11.4. The maximum atomic E-state index is 12.3. The molecule has 2 N–H and O–H groups in total. The van der Waals surface area contributed by atoms with Crippen molar-refractivity contribution < 1.29 is 9.53 Å². The van der Waals surface area contributed by atoms with Crippen molar-refractivity contribution in [3.63, 3.8) is 0 Å². The Morgan fingerprint density at radius 1 is 1.20 bits per heavy atom. The summed E-state index contributed by atoms with van der Waals surface area (Å²) in [5.74, 6) is 0.537. The van der Waals surface area contributed by atoms with Gasteiger partial charge in [-0.15, -0.1) is 0 Å². The van der Waals surface area contributed by atoms with Crippen LogP contribution < -0.4 is 20.3 Å². The number of hydrogen-bond acceptors (Lipinski definition) is 4. The molecule has 0 aliphatic carbocycles. The summed E-state index contributed by atoms with van der Waals surface area (Å²) in [4.78, 5) is 18.7. The Hall–Kier alpha value is -2.76. The van der Waals surface area contributed by atoms with E-state index in [1.54, 1.807) is 13.3 Å². The molecule has 25 heavy (non-hydrogen) atoms. The molecule has 0 bridgehead atoms. The Labute approximate surface area is 148 Å². The molecule has 6 heteroatoms. The number of nitrogens with zero attached hydrogens (tertiary/aromatic N) is 2. The first-order chi connectivity index (χ1) is 12.3. The number of aromatic nitrogens is 1. The zero-order valence-corrected chi connectivity index (χ0v) is 14.5. The molecular weight excluding hydrogens is 316 g/mol. The van der Waals surface area contributed by atoms with Gasteiger partial charge in [0, 0.05) is 31.9 Å². The van der Waals surface area contributed by atoms with E-state index in [1.807, 2.05) is 30.3 Å². The van der Waals surface area contributed by atoms with E-state index in [1.165, 1.54) is 19.3 Å². The van der Waals surface area contributed by atoms with Crippen molar-refractivity contribution in [1.82, 2.24) is 10.3 Å². The van der Waals surface area contributed by atoms with Crippen LogP contribution in [0.15, 0.2) is 42.6 Å². The topological polar surface area (TPSA) is 66.5 Å². The Morgan fingerprint density at radius 3 is 2.80 bits per heavy atom. The molecule has 132 valence electrons. The van der Waals surface area contributed by atoms with E-state index in [-0.39, 0.29) is 6.03 Å². The molecule has 0 saturated carbocycles. The largest absolute Gasteiger partial charge is 0.481 e. The fraction of sp³-hybridized carbons (Fsp3) is 0.368. The second-order valence-corrected chi connectivity index (χ2v) is 6.08. The molecule has 0 unspecified atom stereocenters. The molecule has 3 rings (SSSR count). The number of nitrogens with one attached hydrogen (secondary N) is 2. The highest BCUT2D eigenvalue weighted by molar-refractivity contribution is 5.93. The standard InChI is InChI=1S/C19H24N4O2/c1-25-18-13-15(9-10-20-18)14-21-19(24)22-16-7-3-4-8-17(16)23-11-5-2-6-12-23/h3-4,7-10,13H,2,5-6,11-12,14H2,1H3,(H2,21,22,24). The SMILES string of the molecule is COc1cc(CNC(=O)Nc2ccccc2N2CCCCC2)ccn1. The lowest BCUT2D eigenvalue weighted by molar-refractivity contribution is 0.251. The van der Waals surface area contributed by atoms with Crippen LogP contribution in [0.5, 0.6) is 5.88 Å². The lowest BCUT2D eigenvalue weighted by Crippen LogP contribution is -2.32. The van der Waals surface area contributed by atoms with Crippen LogP contribution in [0.1, 0.15) is 24.8 Å². The summed E-state index contributed by atoms with van der Waals surface area (Å²) in [7, 11) is 1.57. The fourth-order valence-electron chi connectivity index (χ4n) is 3.01. The minimum Gasteiger partial charge on any atom is -0.481 e. The average molecular weight is 340 g/mol. The van der Waals surface area contributed by atoms with Crippen LogP contribution in [0, 0.1) is 0 Å². The predicted octanol–water partition coefficient (Wildman–Crippen LogP) is 3.40. The number of pyridine rings is 1. The van der Waals surface area contributed by atoms with Crippen LogP contribution in [0.4, 0.5) is 16.2 Å². The highest BCUT2D eigenvalue weighted by Crippen LogP contribution is 2.28. The van der Waals surface area contributed by atoms with Crippen LogP contribution in [0.25, 0.3) is 0 Å². The normalized spacial score (nSPS) is 14.0. The Kier molecular flexibility index (Phi) is 5.72. The number of hydrogen-bond donors (Lipinski definition) is 2. The summed E-state index contributed by atoms with van der Waals surface area (Å²) >= 11 is 0. The van der Waals surface area contributed by atoms with Crippen LogP contribution in [0.3, 0.4) is 0 Å². The van der Waals surface area contributed by atoms with E-state index in [2.05, 4.69) is 26.6 Å². The van der Waals surface area contributed by atoms with Gasteiger partial charge in [0.15, 0.2) is 0 Å².